The van der Waals surface area contributed by atoms with Crippen LogP contribution in [0.5, 0.6) is 0 Å². The number of carboxylic acid groups (broad SMARTS) is 1. The molecule has 1 amide bonds. The van der Waals surface area contributed by atoms with E-state index in [0.29, 0.717) is 11.9 Å². The number of carboxylic acids is 1. The number of aromatic nitrogens is 3. The molecule has 0 atom stereocenters. The summed E-state index contributed by atoms with van der Waals surface area (Å²) in [5, 5.41) is 8.86. The molecule has 23 heavy (non-hydrogen) atoms. The van der Waals surface area contributed by atoms with Crippen molar-refractivity contribution in [3.63, 3.8) is 0 Å². The molecule has 0 saturated carbocycles. The average molecular weight is 323 g/mol. The van der Waals surface area contributed by atoms with Crippen LogP contribution >= 0.6 is 0 Å². The molecule has 0 unspecified atom stereocenters. The molecule has 1 aliphatic heterocycles. The summed E-state index contributed by atoms with van der Waals surface area (Å²) in [6.07, 6.45) is 0. The molecular weight excluding hydrogens is 304 g/mol. The second-order valence-corrected chi connectivity index (χ2v) is 5.34. The Labute approximate surface area is 132 Å². The largest absolute Gasteiger partial charge is 0.479 e. The van der Waals surface area contributed by atoms with Crippen molar-refractivity contribution in [1.82, 2.24) is 19.9 Å². The summed E-state index contributed by atoms with van der Waals surface area (Å²) in [4.78, 5) is 40.0. The first-order valence-corrected chi connectivity index (χ1v) is 6.73. The van der Waals surface area contributed by atoms with Gasteiger partial charge in [0, 0.05) is 28.2 Å². The van der Waals surface area contributed by atoms with E-state index in [0.717, 1.165) is 4.90 Å². The lowest BCUT2D eigenvalue weighted by molar-refractivity contribution is -0.432. The van der Waals surface area contributed by atoms with E-state index in [9.17, 15) is 9.59 Å². The number of hydrogen-bond acceptors (Lipinski definition) is 8. The zero-order valence-corrected chi connectivity index (χ0v) is 13.4. The van der Waals surface area contributed by atoms with Gasteiger partial charge in [0.15, 0.2) is 6.54 Å². The van der Waals surface area contributed by atoms with E-state index in [1.165, 1.54) is 4.58 Å². The minimum absolute atomic E-state index is 0.0157. The van der Waals surface area contributed by atoms with E-state index in [1.54, 1.807) is 38.0 Å². The Kier molecular flexibility index (Phi) is 4.29. The van der Waals surface area contributed by atoms with Crippen LogP contribution in [0.2, 0.25) is 0 Å². The summed E-state index contributed by atoms with van der Waals surface area (Å²) >= 11 is 0. The fraction of sp³-hybridized carbons (Fsp3) is 0.500. The van der Waals surface area contributed by atoms with Crippen molar-refractivity contribution in [3.05, 3.63) is 0 Å². The van der Waals surface area contributed by atoms with Crippen LogP contribution in [0.3, 0.4) is 0 Å². The molecule has 0 radical (unpaired) electrons. The van der Waals surface area contributed by atoms with Gasteiger partial charge in [0.1, 0.15) is 6.54 Å². The van der Waals surface area contributed by atoms with Gasteiger partial charge >= 0.3 is 11.9 Å². The van der Waals surface area contributed by atoms with Crippen LogP contribution in [0.4, 0.5) is 17.8 Å². The molecule has 1 aliphatic rings. The number of hydrogen-bond donors (Lipinski definition) is 2. The van der Waals surface area contributed by atoms with Crippen LogP contribution in [0.1, 0.15) is 0 Å². The molecule has 124 valence electrons. The Morgan fingerprint density at radius 1 is 1.22 bits per heavy atom. The maximum Gasteiger partial charge on any atom is 0.363 e. The van der Waals surface area contributed by atoms with Crippen LogP contribution in [-0.4, -0.2) is 88.7 Å². The molecule has 0 saturated heterocycles. The average Bonchev–Trinajstić information content (AvgIpc) is 2.74. The minimum Gasteiger partial charge on any atom is -0.479 e. The number of anilines is 2. The van der Waals surface area contributed by atoms with E-state index in [1.807, 2.05) is 0 Å². The highest BCUT2D eigenvalue weighted by atomic mass is 16.4. The van der Waals surface area contributed by atoms with Crippen LogP contribution in [0.25, 0.3) is 0 Å². The van der Waals surface area contributed by atoms with Gasteiger partial charge < -0.3 is 20.6 Å². The number of guanidine groups is 1. The molecule has 3 N–H and O–H groups in total. The lowest BCUT2D eigenvalue weighted by Crippen LogP contribution is -2.42. The second-order valence-electron chi connectivity index (χ2n) is 5.34. The predicted molar refractivity (Wildman–Crippen MR) is 81.8 cm³/mol. The molecule has 0 aromatic carbocycles. The molecule has 0 spiro atoms. The van der Waals surface area contributed by atoms with Crippen LogP contribution in [-0.2, 0) is 9.59 Å². The molecule has 0 fully saturated rings. The second kappa shape index (κ2) is 6.02. The number of carbonyl (C=O) groups is 2. The molecule has 1 aromatic heterocycles. The van der Waals surface area contributed by atoms with Crippen molar-refractivity contribution in [1.29, 1.82) is 0 Å². The summed E-state index contributed by atoms with van der Waals surface area (Å²) in [5.74, 6) is -0.611. The first-order valence-electron chi connectivity index (χ1n) is 6.73. The van der Waals surface area contributed by atoms with Crippen molar-refractivity contribution in [2.24, 2.45) is 5.73 Å². The fourth-order valence-electron chi connectivity index (χ4n) is 1.92. The predicted octanol–water partition coefficient (Wildman–Crippen LogP) is -2.11. The summed E-state index contributed by atoms with van der Waals surface area (Å²) in [6.45, 7) is -0.629. The third-order valence-corrected chi connectivity index (χ3v) is 3.08. The Hall–Kier alpha value is -2.98. The van der Waals surface area contributed by atoms with Gasteiger partial charge in [0.05, 0.1) is 0 Å². The zero-order chi connectivity index (χ0) is 17.3. The number of nitrogens with two attached hydrogens (primary N) is 1. The van der Waals surface area contributed by atoms with E-state index in [2.05, 4.69) is 15.0 Å². The quantitative estimate of drug-likeness (QED) is 0.584. The number of carbonyl (C=O) groups excluding carboxylic acids is 1. The van der Waals surface area contributed by atoms with Crippen molar-refractivity contribution in [2.45, 2.75) is 0 Å². The molecule has 1 aromatic rings. The topological polar surface area (TPSA) is 132 Å². The highest BCUT2D eigenvalue weighted by molar-refractivity contribution is 6.00. The first-order chi connectivity index (χ1) is 10.7. The lowest BCUT2D eigenvalue weighted by atomic mass is 10.5. The van der Waals surface area contributed by atoms with E-state index in [-0.39, 0.29) is 18.5 Å². The Morgan fingerprint density at radius 3 is 2.17 bits per heavy atom. The maximum absolute atomic E-state index is 12.0. The van der Waals surface area contributed by atoms with Crippen LogP contribution < -0.4 is 15.5 Å². The molecule has 11 nitrogen and oxygen atoms in total. The minimum atomic E-state index is -1.15. The highest BCUT2D eigenvalue weighted by Crippen LogP contribution is 2.17. The molecule has 0 aliphatic carbocycles. The molecule has 11 heteroatoms. The molecule has 0 bridgehead atoms. The van der Waals surface area contributed by atoms with Crippen molar-refractivity contribution < 1.29 is 19.3 Å². The fourth-order valence-corrected chi connectivity index (χ4v) is 1.92. The van der Waals surface area contributed by atoms with Crippen molar-refractivity contribution >= 4 is 35.7 Å². The normalized spacial score (nSPS) is 14.4. The summed E-state index contributed by atoms with van der Waals surface area (Å²) in [6, 6.07) is 0. The summed E-state index contributed by atoms with van der Waals surface area (Å²) < 4.78 is 1.37. The van der Waals surface area contributed by atoms with Gasteiger partial charge in [0.25, 0.3) is 23.8 Å². The van der Waals surface area contributed by atoms with Crippen LogP contribution in [0.15, 0.2) is 0 Å². The van der Waals surface area contributed by atoms with Gasteiger partial charge in [-0.25, -0.2) is 14.3 Å². The van der Waals surface area contributed by atoms with Gasteiger partial charge in [-0.05, 0) is 0 Å². The van der Waals surface area contributed by atoms with Gasteiger partial charge in [-0.3, -0.25) is 4.79 Å². The van der Waals surface area contributed by atoms with Gasteiger partial charge in [-0.15, -0.1) is 0 Å². The van der Waals surface area contributed by atoms with Gasteiger partial charge in [-0.2, -0.15) is 4.98 Å². The Bertz CT molecular complexity index is 659. The highest BCUT2D eigenvalue weighted by Gasteiger charge is 2.37. The number of aliphatic carboxylic acids is 1. The Morgan fingerprint density at radius 2 is 1.74 bits per heavy atom. The number of amides is 1. The van der Waals surface area contributed by atoms with Gasteiger partial charge in [-0.1, -0.05) is 9.97 Å². The summed E-state index contributed by atoms with van der Waals surface area (Å²) in [5.41, 5.74) is 5.90. The Balaban J connectivity index is 2.50. The van der Waals surface area contributed by atoms with E-state index >= 15 is 0 Å². The maximum atomic E-state index is 12.0. The number of nitrogens with zero attached hydrogens (tertiary/aromatic N) is 7. The van der Waals surface area contributed by atoms with Crippen molar-refractivity contribution in [3.8, 4) is 0 Å². The number of rotatable bonds is 5. The van der Waals surface area contributed by atoms with Gasteiger partial charge in [0.2, 0.25) is 0 Å². The third-order valence-electron chi connectivity index (χ3n) is 3.08. The smallest absolute Gasteiger partial charge is 0.363 e. The molecule has 2 heterocycles. The third kappa shape index (κ3) is 3.27. The van der Waals surface area contributed by atoms with Crippen molar-refractivity contribution in [2.75, 3.05) is 51.1 Å². The first kappa shape index (κ1) is 16.4. The SMILES string of the molecule is CN(C)c1nc(N(C)C)nc([N+]2=C(N)N(CC(=O)O)C(=O)C2)n1. The zero-order valence-electron chi connectivity index (χ0n) is 13.4. The lowest BCUT2D eigenvalue weighted by Gasteiger charge is -2.13. The molecule has 2 rings (SSSR count). The summed E-state index contributed by atoms with van der Waals surface area (Å²) in [7, 11) is 7.10. The standard InChI is InChI=1S/C12H18N8O3/c1-17(2)10-14-11(18(3)4)16-12(15-10)20-5-7(21)19(9(20)13)6-8(22)23/h13H,5-6H2,1-4H3,(H,22,23)/p+1. The molecular formula is C12H19N8O3+. The van der Waals surface area contributed by atoms with Crippen LogP contribution in [0, 0.1) is 0 Å². The monoisotopic (exact) mass is 323 g/mol. The van der Waals surface area contributed by atoms with E-state index < -0.39 is 18.4 Å². The van der Waals surface area contributed by atoms with E-state index in [4.69, 9.17) is 10.8 Å².